The summed E-state index contributed by atoms with van der Waals surface area (Å²) in [6.45, 7) is 0.277. The molecule has 2 N–H and O–H groups in total. The smallest absolute Gasteiger partial charge is 0.266 e. The average molecular weight is 402 g/mol. The lowest BCUT2D eigenvalue weighted by Crippen LogP contribution is -2.35. The van der Waals surface area contributed by atoms with E-state index >= 15 is 0 Å². The third kappa shape index (κ3) is 3.22. The molecule has 0 aliphatic heterocycles. The molecule has 0 saturated heterocycles. The fourth-order valence-corrected chi connectivity index (χ4v) is 5.19. The van der Waals surface area contributed by atoms with Crippen molar-refractivity contribution in [1.29, 1.82) is 0 Å². The summed E-state index contributed by atoms with van der Waals surface area (Å²) >= 11 is 13.1. The Morgan fingerprint density at radius 2 is 1.88 bits per heavy atom. The van der Waals surface area contributed by atoms with Gasteiger partial charge in [-0.15, -0.1) is 0 Å². The quantitative estimate of drug-likeness (QED) is 0.705. The Hall–Kier alpha value is -1.38. The maximum Gasteiger partial charge on any atom is 0.266 e. The first-order valence-electron chi connectivity index (χ1n) is 6.97. The minimum absolute atomic E-state index is 0.0459. The Kier molecular flexibility index (Phi) is 4.98. The number of fused-ring (bicyclic) bond motifs is 1. The molecule has 0 amide bonds. The standard InChI is InChI=1S/C15H13Cl2N3O2S2/c16-11-6-5-10(9-12(11)17)24(21,22)20(8-7-18)15-19-13-3-1-2-4-14(13)23-15/h1-6,9H,7-8,18H2. The number of nitrogens with zero attached hydrogens (tertiary/aromatic N) is 2. The van der Waals surface area contributed by atoms with Crippen molar-refractivity contribution in [2.24, 2.45) is 5.73 Å². The van der Waals surface area contributed by atoms with Crippen LogP contribution in [0.1, 0.15) is 0 Å². The van der Waals surface area contributed by atoms with E-state index < -0.39 is 10.0 Å². The second kappa shape index (κ2) is 6.85. The van der Waals surface area contributed by atoms with E-state index in [-0.39, 0.29) is 23.0 Å². The van der Waals surface area contributed by atoms with Crippen LogP contribution in [-0.4, -0.2) is 26.5 Å². The molecule has 0 fully saturated rings. The Morgan fingerprint density at radius 3 is 2.54 bits per heavy atom. The van der Waals surface area contributed by atoms with Crippen LogP contribution in [0, 0.1) is 0 Å². The number of anilines is 1. The molecule has 0 aliphatic carbocycles. The first-order valence-corrected chi connectivity index (χ1v) is 9.98. The maximum absolute atomic E-state index is 13.0. The van der Waals surface area contributed by atoms with Gasteiger partial charge in [0.15, 0.2) is 0 Å². The van der Waals surface area contributed by atoms with Crippen molar-refractivity contribution in [3.05, 3.63) is 52.5 Å². The summed E-state index contributed by atoms with van der Waals surface area (Å²) in [6, 6.07) is 11.7. The number of para-hydroxylation sites is 1. The minimum Gasteiger partial charge on any atom is -0.329 e. The van der Waals surface area contributed by atoms with E-state index in [0.717, 1.165) is 10.2 Å². The van der Waals surface area contributed by atoms with Gasteiger partial charge >= 0.3 is 0 Å². The summed E-state index contributed by atoms with van der Waals surface area (Å²) in [4.78, 5) is 4.46. The molecule has 1 aromatic heterocycles. The molecule has 126 valence electrons. The number of halogens is 2. The molecule has 24 heavy (non-hydrogen) atoms. The first-order chi connectivity index (χ1) is 11.4. The number of nitrogens with two attached hydrogens (primary N) is 1. The van der Waals surface area contributed by atoms with E-state index in [4.69, 9.17) is 28.9 Å². The van der Waals surface area contributed by atoms with E-state index in [1.54, 1.807) is 0 Å². The van der Waals surface area contributed by atoms with Crippen molar-refractivity contribution in [2.75, 3.05) is 17.4 Å². The third-order valence-electron chi connectivity index (χ3n) is 3.31. The van der Waals surface area contributed by atoms with Crippen LogP contribution in [0.25, 0.3) is 10.2 Å². The highest BCUT2D eigenvalue weighted by molar-refractivity contribution is 7.93. The predicted molar refractivity (Wildman–Crippen MR) is 99.7 cm³/mol. The van der Waals surface area contributed by atoms with Gasteiger partial charge in [-0.05, 0) is 30.3 Å². The van der Waals surface area contributed by atoms with Crippen molar-refractivity contribution in [3.8, 4) is 0 Å². The Morgan fingerprint density at radius 1 is 1.12 bits per heavy atom. The molecule has 3 aromatic rings. The highest BCUT2D eigenvalue weighted by Crippen LogP contribution is 2.33. The molecule has 1 heterocycles. The molecule has 0 unspecified atom stereocenters. The van der Waals surface area contributed by atoms with Gasteiger partial charge in [-0.1, -0.05) is 46.7 Å². The van der Waals surface area contributed by atoms with Gasteiger partial charge in [-0.3, -0.25) is 0 Å². The first kappa shape index (κ1) is 17.4. The third-order valence-corrected chi connectivity index (χ3v) is 7.01. The lowest BCUT2D eigenvalue weighted by Gasteiger charge is -2.21. The summed E-state index contributed by atoms with van der Waals surface area (Å²) in [6.07, 6.45) is 0. The van der Waals surface area contributed by atoms with Gasteiger partial charge in [0.05, 0.1) is 25.2 Å². The zero-order valence-electron chi connectivity index (χ0n) is 12.3. The molecule has 0 spiro atoms. The van der Waals surface area contributed by atoms with Gasteiger partial charge in [-0.25, -0.2) is 17.7 Å². The lowest BCUT2D eigenvalue weighted by atomic mass is 10.3. The van der Waals surface area contributed by atoms with Gasteiger partial charge < -0.3 is 5.73 Å². The summed E-state index contributed by atoms with van der Waals surface area (Å²) in [7, 11) is -3.85. The largest absolute Gasteiger partial charge is 0.329 e. The molecule has 0 bridgehead atoms. The van der Waals surface area contributed by atoms with Crippen molar-refractivity contribution in [2.45, 2.75) is 4.90 Å². The van der Waals surface area contributed by atoms with Crippen molar-refractivity contribution in [1.82, 2.24) is 4.98 Å². The Balaban J connectivity index is 2.10. The highest BCUT2D eigenvalue weighted by Gasteiger charge is 2.27. The Labute approximate surface area is 153 Å². The molecule has 3 rings (SSSR count). The van der Waals surface area contributed by atoms with Gasteiger partial charge in [0.1, 0.15) is 0 Å². The second-order valence-corrected chi connectivity index (χ2v) is 8.59. The topological polar surface area (TPSA) is 76.3 Å². The highest BCUT2D eigenvalue weighted by atomic mass is 35.5. The van der Waals surface area contributed by atoms with E-state index in [2.05, 4.69) is 4.98 Å². The molecule has 0 aliphatic rings. The summed E-state index contributed by atoms with van der Waals surface area (Å²) in [5.41, 5.74) is 6.35. The van der Waals surface area contributed by atoms with Crippen molar-refractivity contribution in [3.63, 3.8) is 0 Å². The normalized spacial score (nSPS) is 11.8. The SMILES string of the molecule is NCCN(c1nc2ccccc2s1)S(=O)(=O)c1ccc(Cl)c(Cl)c1. The van der Waals surface area contributed by atoms with E-state index in [9.17, 15) is 8.42 Å². The van der Waals surface area contributed by atoms with E-state index in [1.165, 1.54) is 33.8 Å². The van der Waals surface area contributed by atoms with Crippen molar-refractivity contribution >= 4 is 59.9 Å². The van der Waals surface area contributed by atoms with Crippen LogP contribution < -0.4 is 10.0 Å². The van der Waals surface area contributed by atoms with Gasteiger partial charge in [0.2, 0.25) is 5.13 Å². The lowest BCUT2D eigenvalue weighted by molar-refractivity contribution is 0.591. The van der Waals surface area contributed by atoms with Crippen molar-refractivity contribution < 1.29 is 8.42 Å². The minimum atomic E-state index is -3.85. The second-order valence-electron chi connectivity index (χ2n) is 4.91. The fourth-order valence-electron chi connectivity index (χ4n) is 2.17. The molecular formula is C15H13Cl2N3O2S2. The number of hydrogen-bond acceptors (Lipinski definition) is 5. The number of sulfonamides is 1. The number of thiazole rings is 1. The molecule has 0 saturated carbocycles. The van der Waals surface area contributed by atoms with Crippen LogP contribution in [0.15, 0.2) is 47.4 Å². The van der Waals surface area contributed by atoms with Crippen LogP contribution in [0.3, 0.4) is 0 Å². The van der Waals surface area contributed by atoms with Crippen LogP contribution in [-0.2, 0) is 10.0 Å². The zero-order valence-corrected chi connectivity index (χ0v) is 15.5. The van der Waals surface area contributed by atoms with Crippen LogP contribution >= 0.6 is 34.5 Å². The van der Waals surface area contributed by atoms with Crippen LogP contribution in [0.2, 0.25) is 10.0 Å². The maximum atomic E-state index is 13.0. The molecule has 5 nitrogen and oxygen atoms in total. The summed E-state index contributed by atoms with van der Waals surface area (Å²) < 4.78 is 28.1. The monoisotopic (exact) mass is 401 g/mol. The Bertz CT molecular complexity index is 956. The zero-order chi connectivity index (χ0) is 17.3. The fraction of sp³-hybridized carbons (Fsp3) is 0.133. The predicted octanol–water partition coefficient (Wildman–Crippen LogP) is 3.76. The van der Waals surface area contributed by atoms with Crippen LogP contribution in [0.4, 0.5) is 5.13 Å². The molecule has 0 radical (unpaired) electrons. The van der Waals surface area contributed by atoms with Gasteiger partial charge in [-0.2, -0.15) is 0 Å². The molecule has 2 aromatic carbocycles. The van der Waals surface area contributed by atoms with Gasteiger partial charge in [0, 0.05) is 13.1 Å². The summed E-state index contributed by atoms with van der Waals surface area (Å²) in [5.74, 6) is 0. The number of hydrogen-bond donors (Lipinski definition) is 1. The number of aromatic nitrogens is 1. The molecule has 9 heteroatoms. The van der Waals surface area contributed by atoms with Crippen LogP contribution in [0.5, 0.6) is 0 Å². The van der Waals surface area contributed by atoms with Gasteiger partial charge in [0.25, 0.3) is 10.0 Å². The number of rotatable bonds is 5. The van der Waals surface area contributed by atoms with E-state index in [1.807, 2.05) is 24.3 Å². The average Bonchev–Trinajstić information content (AvgIpc) is 2.98. The molecule has 0 atom stereocenters. The van der Waals surface area contributed by atoms with E-state index in [0.29, 0.717) is 10.2 Å². The number of benzene rings is 2. The molecular weight excluding hydrogens is 389 g/mol. The summed E-state index contributed by atoms with van der Waals surface area (Å²) in [5, 5.41) is 0.837.